The summed E-state index contributed by atoms with van der Waals surface area (Å²) in [7, 11) is 0. The molecule has 1 rings (SSSR count). The van der Waals surface area contributed by atoms with Gasteiger partial charge < -0.3 is 0 Å². The first kappa shape index (κ1) is 13.8. The summed E-state index contributed by atoms with van der Waals surface area (Å²) < 4.78 is 72.6. The van der Waals surface area contributed by atoms with Crippen molar-refractivity contribution in [3.8, 4) is 0 Å². The topological polar surface area (TPSA) is 12.4 Å². The number of rotatable bonds is 1. The molecule has 0 aromatic heterocycles. The lowest BCUT2D eigenvalue weighted by Gasteiger charge is -2.13. The van der Waals surface area contributed by atoms with Crippen molar-refractivity contribution in [2.24, 2.45) is 4.99 Å². The van der Waals surface area contributed by atoms with E-state index < -0.39 is 23.8 Å². The van der Waals surface area contributed by atoms with E-state index >= 15 is 0 Å². The van der Waals surface area contributed by atoms with Crippen LogP contribution >= 0.6 is 11.6 Å². The van der Waals surface area contributed by atoms with Gasteiger partial charge in [0.05, 0.1) is 5.69 Å². The van der Waals surface area contributed by atoms with Crippen LogP contribution in [0.15, 0.2) is 29.3 Å². The Kier molecular flexibility index (Phi) is 3.71. The highest BCUT2D eigenvalue weighted by atomic mass is 35.5. The zero-order chi connectivity index (χ0) is 13.3. The number of alkyl halides is 6. The zero-order valence-electron chi connectivity index (χ0n) is 7.90. The van der Waals surface area contributed by atoms with Gasteiger partial charge >= 0.3 is 12.4 Å². The molecule has 0 heterocycles. The Labute approximate surface area is 96.7 Å². The van der Waals surface area contributed by atoms with Gasteiger partial charge in [-0.2, -0.15) is 26.3 Å². The fourth-order valence-corrected chi connectivity index (χ4v) is 1.06. The number of hydrogen-bond acceptors (Lipinski definition) is 1. The average molecular weight is 276 g/mol. The number of hydrogen-bond donors (Lipinski definition) is 0. The van der Waals surface area contributed by atoms with E-state index in [-0.39, 0.29) is 5.02 Å². The van der Waals surface area contributed by atoms with E-state index in [0.717, 1.165) is 24.3 Å². The quantitative estimate of drug-likeness (QED) is 0.527. The molecule has 1 aromatic rings. The Hall–Kier alpha value is -1.24. The van der Waals surface area contributed by atoms with Gasteiger partial charge in [-0.3, -0.25) is 0 Å². The largest absolute Gasteiger partial charge is 0.438 e. The van der Waals surface area contributed by atoms with Crippen molar-refractivity contribution in [3.05, 3.63) is 29.3 Å². The van der Waals surface area contributed by atoms with E-state index in [4.69, 9.17) is 11.6 Å². The Morgan fingerprint density at radius 2 is 1.29 bits per heavy atom. The van der Waals surface area contributed by atoms with Crippen molar-refractivity contribution in [1.82, 2.24) is 0 Å². The lowest BCUT2D eigenvalue weighted by Crippen LogP contribution is -2.36. The van der Waals surface area contributed by atoms with Crippen LogP contribution in [-0.2, 0) is 0 Å². The molecule has 0 fully saturated rings. The second-order valence-electron chi connectivity index (χ2n) is 2.93. The molecule has 1 aromatic carbocycles. The Balaban J connectivity index is 3.20. The highest BCUT2D eigenvalue weighted by molar-refractivity contribution is 6.30. The van der Waals surface area contributed by atoms with Gasteiger partial charge in [0.15, 0.2) is 0 Å². The van der Waals surface area contributed by atoms with Crippen molar-refractivity contribution in [2.45, 2.75) is 12.4 Å². The normalized spacial score (nSPS) is 12.4. The standard InChI is InChI=1S/C9H4ClF6N/c10-5-1-3-6(4-2-5)17-7(8(11,12)13)9(14,15)16/h1-4H. The van der Waals surface area contributed by atoms with Crippen molar-refractivity contribution < 1.29 is 26.3 Å². The van der Waals surface area contributed by atoms with E-state index in [0.29, 0.717) is 0 Å². The first-order valence-electron chi connectivity index (χ1n) is 4.09. The first-order valence-corrected chi connectivity index (χ1v) is 4.47. The zero-order valence-corrected chi connectivity index (χ0v) is 8.66. The Bertz CT molecular complexity index is 401. The fraction of sp³-hybridized carbons (Fsp3) is 0.222. The lowest BCUT2D eigenvalue weighted by molar-refractivity contribution is -0.117. The fourth-order valence-electron chi connectivity index (χ4n) is 0.932. The van der Waals surface area contributed by atoms with Crippen LogP contribution in [0.4, 0.5) is 32.0 Å². The summed E-state index contributed by atoms with van der Waals surface area (Å²) in [5.74, 6) is 0. The molecule has 0 spiro atoms. The van der Waals surface area contributed by atoms with E-state index in [1.807, 2.05) is 0 Å². The highest BCUT2D eigenvalue weighted by Crippen LogP contribution is 2.32. The number of aliphatic imine (C=N–C) groups is 1. The molecule has 0 aliphatic rings. The number of benzene rings is 1. The third kappa shape index (κ3) is 3.92. The summed E-state index contributed by atoms with van der Waals surface area (Å²) in [6, 6.07) is 4.20. The molecule has 0 saturated carbocycles. The second kappa shape index (κ2) is 4.56. The molecule has 0 radical (unpaired) electrons. The Morgan fingerprint density at radius 3 is 1.65 bits per heavy atom. The summed E-state index contributed by atoms with van der Waals surface area (Å²) in [6.07, 6.45) is -11.1. The third-order valence-electron chi connectivity index (χ3n) is 1.60. The minimum absolute atomic E-state index is 0.185. The number of nitrogens with zero attached hydrogens (tertiary/aromatic N) is 1. The molecule has 8 heteroatoms. The molecule has 0 amide bonds. The summed E-state index contributed by atoms with van der Waals surface area (Å²) in [5, 5.41) is 0.185. The molecule has 0 unspecified atom stereocenters. The number of halogens is 7. The van der Waals surface area contributed by atoms with E-state index in [1.54, 1.807) is 0 Å². The van der Waals surface area contributed by atoms with Crippen LogP contribution < -0.4 is 0 Å². The highest BCUT2D eigenvalue weighted by Gasteiger charge is 2.53. The monoisotopic (exact) mass is 275 g/mol. The maximum absolute atomic E-state index is 12.1. The SMILES string of the molecule is FC(F)(F)C(=Nc1ccc(Cl)cc1)C(F)(F)F. The van der Waals surface area contributed by atoms with Gasteiger partial charge in [-0.05, 0) is 24.3 Å². The van der Waals surface area contributed by atoms with Crippen LogP contribution in [0.2, 0.25) is 5.02 Å². The van der Waals surface area contributed by atoms with Gasteiger partial charge in [0.2, 0.25) is 5.71 Å². The van der Waals surface area contributed by atoms with Gasteiger partial charge in [-0.25, -0.2) is 4.99 Å². The van der Waals surface area contributed by atoms with Gasteiger partial charge in [0.1, 0.15) is 0 Å². The van der Waals surface area contributed by atoms with Crippen LogP contribution in [0.3, 0.4) is 0 Å². The van der Waals surface area contributed by atoms with Gasteiger partial charge in [0, 0.05) is 5.02 Å². The maximum atomic E-state index is 12.1. The van der Waals surface area contributed by atoms with Crippen molar-refractivity contribution in [2.75, 3.05) is 0 Å². The van der Waals surface area contributed by atoms with Gasteiger partial charge in [0.25, 0.3) is 0 Å². The van der Waals surface area contributed by atoms with Crippen molar-refractivity contribution in [3.63, 3.8) is 0 Å². The lowest BCUT2D eigenvalue weighted by atomic mass is 10.3. The predicted molar refractivity (Wildman–Crippen MR) is 50.7 cm³/mol. The molecular weight excluding hydrogens is 272 g/mol. The third-order valence-corrected chi connectivity index (χ3v) is 1.86. The van der Waals surface area contributed by atoms with E-state index in [1.165, 1.54) is 0 Å². The van der Waals surface area contributed by atoms with Crippen LogP contribution in [0, 0.1) is 0 Å². The molecular formula is C9H4ClF6N. The van der Waals surface area contributed by atoms with Crippen LogP contribution in [0.1, 0.15) is 0 Å². The molecule has 17 heavy (non-hydrogen) atoms. The first-order chi connectivity index (χ1) is 7.60. The summed E-state index contributed by atoms with van der Waals surface area (Å²) in [5.41, 5.74) is -3.27. The maximum Gasteiger partial charge on any atom is 0.438 e. The minimum Gasteiger partial charge on any atom is -0.240 e. The summed E-state index contributed by atoms with van der Waals surface area (Å²) >= 11 is 5.44. The van der Waals surface area contributed by atoms with Gasteiger partial charge in [-0.1, -0.05) is 11.6 Å². The van der Waals surface area contributed by atoms with Crippen molar-refractivity contribution in [1.29, 1.82) is 0 Å². The van der Waals surface area contributed by atoms with Crippen molar-refractivity contribution >= 4 is 23.0 Å². The molecule has 0 bridgehead atoms. The molecule has 1 nitrogen and oxygen atoms in total. The minimum atomic E-state index is -5.56. The summed E-state index contributed by atoms with van der Waals surface area (Å²) in [6.45, 7) is 0. The van der Waals surface area contributed by atoms with Crippen LogP contribution in [0.25, 0.3) is 0 Å². The second-order valence-corrected chi connectivity index (χ2v) is 3.37. The van der Waals surface area contributed by atoms with E-state index in [2.05, 4.69) is 4.99 Å². The van der Waals surface area contributed by atoms with Gasteiger partial charge in [-0.15, -0.1) is 0 Å². The molecule has 0 atom stereocenters. The van der Waals surface area contributed by atoms with E-state index in [9.17, 15) is 26.3 Å². The Morgan fingerprint density at radius 1 is 0.882 bits per heavy atom. The molecule has 0 saturated heterocycles. The van der Waals surface area contributed by atoms with Crippen LogP contribution in [0.5, 0.6) is 0 Å². The smallest absolute Gasteiger partial charge is 0.240 e. The predicted octanol–water partition coefficient (Wildman–Crippen LogP) is 4.54. The summed E-state index contributed by atoms with van der Waals surface area (Å²) in [4.78, 5) is 2.55. The van der Waals surface area contributed by atoms with Crippen LogP contribution in [-0.4, -0.2) is 18.1 Å². The molecule has 94 valence electrons. The molecule has 0 aliphatic heterocycles. The molecule has 0 N–H and O–H groups in total. The average Bonchev–Trinajstić information content (AvgIpc) is 2.13. The molecule has 0 aliphatic carbocycles.